The average Bonchev–Trinajstić information content (AvgIpc) is 2.25. The highest BCUT2D eigenvalue weighted by atomic mass is 16.5. The topological polar surface area (TPSA) is 55.4 Å². The van der Waals surface area contributed by atoms with Crippen LogP contribution in [0.4, 0.5) is 0 Å². The lowest BCUT2D eigenvalue weighted by Crippen LogP contribution is -2.32. The summed E-state index contributed by atoms with van der Waals surface area (Å²) in [6, 6.07) is 0. The van der Waals surface area contributed by atoms with Gasteiger partial charge in [-0.05, 0) is 18.8 Å². The summed E-state index contributed by atoms with van der Waals surface area (Å²) in [5.41, 5.74) is -0.224. The monoisotopic (exact) mass is 229 g/mol. The van der Waals surface area contributed by atoms with Crippen molar-refractivity contribution in [2.75, 3.05) is 13.7 Å². The van der Waals surface area contributed by atoms with Gasteiger partial charge in [-0.3, -0.25) is 9.59 Å². The van der Waals surface area contributed by atoms with Gasteiger partial charge in [-0.2, -0.15) is 0 Å². The summed E-state index contributed by atoms with van der Waals surface area (Å²) < 4.78 is 4.71. The highest BCUT2D eigenvalue weighted by molar-refractivity contribution is 5.76. The van der Waals surface area contributed by atoms with E-state index in [2.05, 4.69) is 5.32 Å². The number of carbonyl (C=O) groups excluding carboxylic acids is 2. The predicted octanol–water partition coefficient (Wildman–Crippen LogP) is 1.74. The van der Waals surface area contributed by atoms with Gasteiger partial charge < -0.3 is 10.1 Å². The molecule has 0 saturated carbocycles. The lowest BCUT2D eigenvalue weighted by Gasteiger charge is -2.29. The Labute approximate surface area is 97.7 Å². The van der Waals surface area contributed by atoms with Crippen LogP contribution in [0.3, 0.4) is 0 Å². The number of methoxy groups -OCH3 is 1. The van der Waals surface area contributed by atoms with Gasteiger partial charge in [-0.15, -0.1) is 0 Å². The predicted molar refractivity (Wildman–Crippen MR) is 62.9 cm³/mol. The molecule has 0 aromatic heterocycles. The standard InChI is InChI=1S/C12H23NO3/c1-6-13-10(14)7-8-12(3,4)9(2)11(15)16-5/h9H,6-8H2,1-5H3,(H,13,14). The molecule has 4 nitrogen and oxygen atoms in total. The Balaban J connectivity index is 4.23. The summed E-state index contributed by atoms with van der Waals surface area (Å²) in [4.78, 5) is 22.7. The van der Waals surface area contributed by atoms with E-state index in [1.165, 1.54) is 7.11 Å². The molecular weight excluding hydrogens is 206 g/mol. The molecule has 0 spiro atoms. The van der Waals surface area contributed by atoms with E-state index in [4.69, 9.17) is 4.74 Å². The van der Waals surface area contributed by atoms with Crippen LogP contribution in [0, 0.1) is 11.3 Å². The summed E-state index contributed by atoms with van der Waals surface area (Å²) in [6.07, 6.45) is 1.12. The molecule has 1 N–H and O–H groups in total. The maximum atomic E-state index is 11.4. The first kappa shape index (κ1) is 14.9. The second-order valence-corrected chi connectivity index (χ2v) is 4.69. The fraction of sp³-hybridized carbons (Fsp3) is 0.833. The molecule has 4 heteroatoms. The van der Waals surface area contributed by atoms with Gasteiger partial charge in [-0.25, -0.2) is 0 Å². The third-order valence-corrected chi connectivity index (χ3v) is 3.10. The van der Waals surface area contributed by atoms with E-state index in [1.54, 1.807) is 0 Å². The molecule has 0 aromatic rings. The third-order valence-electron chi connectivity index (χ3n) is 3.10. The van der Waals surface area contributed by atoms with Crippen molar-refractivity contribution in [3.63, 3.8) is 0 Å². The highest BCUT2D eigenvalue weighted by Crippen LogP contribution is 2.32. The minimum absolute atomic E-state index is 0.0349. The van der Waals surface area contributed by atoms with Crippen LogP contribution < -0.4 is 5.32 Å². The van der Waals surface area contributed by atoms with Crippen LogP contribution in [-0.2, 0) is 14.3 Å². The minimum Gasteiger partial charge on any atom is -0.469 e. The summed E-state index contributed by atoms with van der Waals surface area (Å²) in [7, 11) is 1.39. The van der Waals surface area contributed by atoms with Crippen LogP contribution in [0.25, 0.3) is 0 Å². The molecule has 0 aliphatic rings. The van der Waals surface area contributed by atoms with E-state index in [0.717, 1.165) is 0 Å². The lowest BCUT2D eigenvalue weighted by molar-refractivity contribution is -0.149. The quantitative estimate of drug-likeness (QED) is 0.706. The van der Waals surface area contributed by atoms with Crippen LogP contribution in [-0.4, -0.2) is 25.5 Å². The summed E-state index contributed by atoms with van der Waals surface area (Å²) in [5, 5.41) is 2.75. The fourth-order valence-electron chi connectivity index (χ4n) is 1.43. The van der Waals surface area contributed by atoms with E-state index < -0.39 is 0 Å². The molecule has 94 valence electrons. The van der Waals surface area contributed by atoms with Crippen molar-refractivity contribution in [2.45, 2.75) is 40.5 Å². The molecular formula is C12H23NO3. The molecule has 0 aliphatic heterocycles. The van der Waals surface area contributed by atoms with Crippen molar-refractivity contribution in [2.24, 2.45) is 11.3 Å². The molecule has 0 rings (SSSR count). The number of nitrogens with one attached hydrogen (secondary N) is 1. The van der Waals surface area contributed by atoms with Gasteiger partial charge in [0.25, 0.3) is 0 Å². The van der Waals surface area contributed by atoms with Crippen molar-refractivity contribution in [1.29, 1.82) is 0 Å². The number of ether oxygens (including phenoxy) is 1. The zero-order valence-corrected chi connectivity index (χ0v) is 10.9. The molecule has 0 heterocycles. The zero-order valence-electron chi connectivity index (χ0n) is 10.9. The molecule has 0 fully saturated rings. The van der Waals surface area contributed by atoms with Gasteiger partial charge >= 0.3 is 5.97 Å². The van der Waals surface area contributed by atoms with Crippen LogP contribution in [0.2, 0.25) is 0 Å². The smallest absolute Gasteiger partial charge is 0.308 e. The van der Waals surface area contributed by atoms with E-state index in [9.17, 15) is 9.59 Å². The van der Waals surface area contributed by atoms with Crippen LogP contribution in [0.1, 0.15) is 40.5 Å². The third kappa shape index (κ3) is 4.64. The van der Waals surface area contributed by atoms with Gasteiger partial charge in [0.05, 0.1) is 13.0 Å². The maximum absolute atomic E-state index is 11.4. The van der Waals surface area contributed by atoms with Crippen molar-refractivity contribution in [1.82, 2.24) is 5.32 Å². The van der Waals surface area contributed by atoms with Crippen molar-refractivity contribution in [3.8, 4) is 0 Å². The summed E-state index contributed by atoms with van der Waals surface area (Å²) >= 11 is 0. The average molecular weight is 229 g/mol. The highest BCUT2D eigenvalue weighted by Gasteiger charge is 2.32. The van der Waals surface area contributed by atoms with E-state index in [1.807, 2.05) is 27.7 Å². The van der Waals surface area contributed by atoms with Crippen LogP contribution in [0.5, 0.6) is 0 Å². The Morgan fingerprint density at radius 3 is 2.38 bits per heavy atom. The molecule has 1 atom stereocenters. The first-order chi connectivity index (χ1) is 7.35. The van der Waals surface area contributed by atoms with Crippen LogP contribution >= 0.6 is 0 Å². The number of amides is 1. The summed E-state index contributed by atoms with van der Waals surface area (Å²) in [6.45, 7) is 8.33. The van der Waals surface area contributed by atoms with E-state index in [0.29, 0.717) is 19.4 Å². The molecule has 1 amide bonds. The lowest BCUT2D eigenvalue weighted by atomic mass is 9.76. The first-order valence-electron chi connectivity index (χ1n) is 5.69. The fourth-order valence-corrected chi connectivity index (χ4v) is 1.43. The largest absolute Gasteiger partial charge is 0.469 e. The minimum atomic E-state index is -0.224. The molecule has 1 unspecified atom stereocenters. The second kappa shape index (κ2) is 6.51. The number of hydrogen-bond donors (Lipinski definition) is 1. The number of hydrogen-bond acceptors (Lipinski definition) is 3. The Hall–Kier alpha value is -1.06. The van der Waals surface area contributed by atoms with Crippen molar-refractivity contribution in [3.05, 3.63) is 0 Å². The van der Waals surface area contributed by atoms with Gasteiger partial charge in [-0.1, -0.05) is 20.8 Å². The normalized spacial score (nSPS) is 13.1. The number of carbonyl (C=O) groups is 2. The summed E-state index contributed by atoms with van der Waals surface area (Å²) in [5.74, 6) is -0.388. The van der Waals surface area contributed by atoms with Gasteiger partial charge in [0, 0.05) is 13.0 Å². The number of rotatable bonds is 6. The van der Waals surface area contributed by atoms with Gasteiger partial charge in [0.1, 0.15) is 0 Å². The van der Waals surface area contributed by atoms with Crippen LogP contribution in [0.15, 0.2) is 0 Å². The Kier molecular flexibility index (Phi) is 6.08. The van der Waals surface area contributed by atoms with Crippen molar-refractivity contribution >= 4 is 11.9 Å². The molecule has 0 radical (unpaired) electrons. The molecule has 0 bridgehead atoms. The SMILES string of the molecule is CCNC(=O)CCC(C)(C)C(C)C(=O)OC. The van der Waals surface area contributed by atoms with Crippen molar-refractivity contribution < 1.29 is 14.3 Å². The van der Waals surface area contributed by atoms with Gasteiger partial charge in [0.15, 0.2) is 0 Å². The Bertz CT molecular complexity index is 249. The Morgan fingerprint density at radius 2 is 1.94 bits per heavy atom. The Morgan fingerprint density at radius 1 is 1.38 bits per heavy atom. The molecule has 0 aromatic carbocycles. The zero-order chi connectivity index (χ0) is 12.8. The molecule has 0 aliphatic carbocycles. The van der Waals surface area contributed by atoms with E-state index >= 15 is 0 Å². The van der Waals surface area contributed by atoms with Gasteiger partial charge in [0.2, 0.25) is 5.91 Å². The molecule has 0 saturated heterocycles. The number of esters is 1. The maximum Gasteiger partial charge on any atom is 0.308 e. The van der Waals surface area contributed by atoms with E-state index in [-0.39, 0.29) is 23.2 Å². The molecule has 16 heavy (non-hydrogen) atoms. The second-order valence-electron chi connectivity index (χ2n) is 4.69. The first-order valence-corrected chi connectivity index (χ1v) is 5.69.